The van der Waals surface area contributed by atoms with Gasteiger partial charge in [-0.1, -0.05) is 27.7 Å². The molecule has 3 atom stereocenters. The zero-order valence-corrected chi connectivity index (χ0v) is 24.7. The predicted molar refractivity (Wildman–Crippen MR) is 147 cm³/mol. The van der Waals surface area contributed by atoms with Crippen molar-refractivity contribution in [3.63, 3.8) is 0 Å². The van der Waals surface area contributed by atoms with Crippen molar-refractivity contribution in [1.29, 1.82) is 0 Å². The van der Waals surface area contributed by atoms with E-state index in [0.29, 0.717) is 61.7 Å². The average Bonchev–Trinajstić information content (AvgIpc) is 2.75. The lowest BCUT2D eigenvalue weighted by Crippen LogP contribution is -2.65. The van der Waals surface area contributed by atoms with Crippen LogP contribution in [-0.4, -0.2) is 108 Å². The Morgan fingerprint density at radius 2 is 1.35 bits per heavy atom. The Kier molecular flexibility index (Phi) is 9.30. The van der Waals surface area contributed by atoms with E-state index in [2.05, 4.69) is 49.3 Å². The Morgan fingerprint density at radius 3 is 1.86 bits per heavy atom. The van der Waals surface area contributed by atoms with E-state index in [1.54, 1.807) is 0 Å². The van der Waals surface area contributed by atoms with Crippen LogP contribution in [0, 0.1) is 23.7 Å². The summed E-state index contributed by atoms with van der Waals surface area (Å²) in [4.78, 5) is 9.03. The van der Waals surface area contributed by atoms with E-state index < -0.39 is 17.6 Å². The van der Waals surface area contributed by atoms with E-state index in [4.69, 9.17) is 0 Å². The van der Waals surface area contributed by atoms with Gasteiger partial charge in [-0.05, 0) is 89.6 Å². The highest BCUT2D eigenvalue weighted by atomic mass is 19.3. The first-order valence-corrected chi connectivity index (χ1v) is 15.3. The highest BCUT2D eigenvalue weighted by molar-refractivity contribution is 5.02. The fourth-order valence-corrected chi connectivity index (χ4v) is 7.96. The van der Waals surface area contributed by atoms with Gasteiger partial charge in [0.05, 0.1) is 12.6 Å². The summed E-state index contributed by atoms with van der Waals surface area (Å²) in [6.07, 6.45) is 4.68. The van der Waals surface area contributed by atoms with Crippen molar-refractivity contribution in [3.05, 3.63) is 0 Å². The molecule has 4 nitrogen and oxygen atoms in total. The minimum absolute atomic E-state index is 0.0986. The van der Waals surface area contributed by atoms with Crippen molar-refractivity contribution in [2.45, 2.75) is 116 Å². The zero-order chi connectivity index (χ0) is 27.1. The minimum Gasteiger partial charge on any atom is -0.301 e. The summed E-state index contributed by atoms with van der Waals surface area (Å²) >= 11 is 0. The molecule has 0 radical (unpaired) electrons. The third-order valence-electron chi connectivity index (χ3n) is 10.2. The fraction of sp³-hybridized carbons (Fsp3) is 1.00. The number of likely N-dealkylation sites (tertiary alicyclic amines) is 4. The van der Waals surface area contributed by atoms with Crippen LogP contribution in [-0.2, 0) is 0 Å². The molecule has 0 N–H and O–H groups in total. The highest BCUT2D eigenvalue weighted by Crippen LogP contribution is 2.41. The third kappa shape index (κ3) is 6.86. The van der Waals surface area contributed by atoms with Gasteiger partial charge in [-0.25, -0.2) is 13.2 Å². The molecule has 0 spiro atoms. The van der Waals surface area contributed by atoms with Gasteiger partial charge in [-0.15, -0.1) is 0 Å². The van der Waals surface area contributed by atoms with Gasteiger partial charge in [0, 0.05) is 50.8 Å². The largest absolute Gasteiger partial charge is 0.301 e. The monoisotopic (exact) mass is 528 g/mol. The Balaban J connectivity index is 1.22. The third-order valence-corrected chi connectivity index (χ3v) is 10.2. The van der Waals surface area contributed by atoms with E-state index in [1.807, 2.05) is 18.7 Å². The van der Waals surface area contributed by atoms with Crippen LogP contribution in [0.2, 0.25) is 0 Å². The molecule has 0 amide bonds. The van der Waals surface area contributed by atoms with Crippen molar-refractivity contribution in [1.82, 2.24) is 19.6 Å². The van der Waals surface area contributed by atoms with Gasteiger partial charge in [-0.3, -0.25) is 14.7 Å². The van der Waals surface area contributed by atoms with Crippen molar-refractivity contribution in [2.24, 2.45) is 23.7 Å². The average molecular weight is 529 g/mol. The Bertz CT molecular complexity index is 724. The summed E-state index contributed by atoms with van der Waals surface area (Å²) in [6.45, 7) is 21.0. The Morgan fingerprint density at radius 1 is 0.757 bits per heavy atom. The van der Waals surface area contributed by atoms with Crippen molar-refractivity contribution in [3.8, 4) is 0 Å². The normalized spacial score (nSPS) is 30.6. The van der Waals surface area contributed by atoms with E-state index in [0.717, 1.165) is 52.0 Å². The molecule has 4 rings (SSSR count). The molecular formula is C30H55F3N4. The number of piperidine rings is 2. The summed E-state index contributed by atoms with van der Waals surface area (Å²) in [5.74, 6) is -0.535. The number of hydrogen-bond donors (Lipinski definition) is 0. The number of hydrogen-bond acceptors (Lipinski definition) is 4. The van der Waals surface area contributed by atoms with Crippen molar-refractivity contribution >= 4 is 0 Å². The molecule has 4 aliphatic heterocycles. The number of alkyl halides is 3. The molecule has 0 aromatic rings. The van der Waals surface area contributed by atoms with Gasteiger partial charge >= 0.3 is 0 Å². The molecular weight excluding hydrogens is 473 g/mol. The maximum atomic E-state index is 15.0. The molecule has 0 aromatic heterocycles. The van der Waals surface area contributed by atoms with Crippen LogP contribution in [0.1, 0.15) is 80.6 Å². The van der Waals surface area contributed by atoms with E-state index in [9.17, 15) is 13.2 Å². The molecule has 37 heavy (non-hydrogen) atoms. The molecule has 7 heteroatoms. The summed E-state index contributed by atoms with van der Waals surface area (Å²) < 4.78 is 44.8. The van der Waals surface area contributed by atoms with E-state index in [1.165, 1.54) is 0 Å². The first kappa shape index (κ1) is 29.6. The molecule has 0 saturated carbocycles. The molecule has 0 aliphatic carbocycles. The van der Waals surface area contributed by atoms with Crippen LogP contribution in [0.5, 0.6) is 0 Å². The standard InChI is InChI=1S/C30H55F3N4/c1-21(2)15-29(31)18-37(19-29)26-8-11-34(12-9-26)24(7)14-27(22(3)4)25-16-36(17-25)28-10-13-35(23(5)6)20-30(28,32)33/h21-28H,8-20H2,1-7H3. The second-order valence-corrected chi connectivity index (χ2v) is 14.3. The van der Waals surface area contributed by atoms with Crippen molar-refractivity contribution < 1.29 is 13.2 Å². The van der Waals surface area contributed by atoms with Gasteiger partial charge in [0.25, 0.3) is 5.92 Å². The summed E-state index contributed by atoms with van der Waals surface area (Å²) in [5.41, 5.74) is -0.963. The lowest BCUT2D eigenvalue weighted by atomic mass is 9.74. The number of halogens is 3. The van der Waals surface area contributed by atoms with Gasteiger partial charge in [0.1, 0.15) is 5.67 Å². The van der Waals surface area contributed by atoms with Gasteiger partial charge in [0.2, 0.25) is 0 Å². The first-order valence-electron chi connectivity index (χ1n) is 15.3. The Hall–Kier alpha value is -0.370. The molecule has 4 saturated heterocycles. The molecule has 4 aliphatic rings. The van der Waals surface area contributed by atoms with Crippen LogP contribution >= 0.6 is 0 Å². The summed E-state index contributed by atoms with van der Waals surface area (Å²) in [7, 11) is 0. The first-order chi connectivity index (χ1) is 17.3. The second-order valence-electron chi connectivity index (χ2n) is 14.3. The zero-order valence-electron chi connectivity index (χ0n) is 24.7. The SMILES string of the molecule is CC(C)CC1(F)CN(C2CCN(C(C)CC(C(C)C)C3CN(C4CCN(C(C)C)CC4(F)F)C3)CC2)C1. The maximum Gasteiger partial charge on any atom is 0.275 e. The van der Waals surface area contributed by atoms with Crippen LogP contribution in [0.25, 0.3) is 0 Å². The van der Waals surface area contributed by atoms with Gasteiger partial charge in [-0.2, -0.15) is 0 Å². The van der Waals surface area contributed by atoms with Gasteiger partial charge in [0.15, 0.2) is 0 Å². The number of nitrogens with zero attached hydrogens (tertiary/aromatic N) is 4. The second kappa shape index (κ2) is 11.6. The molecule has 4 heterocycles. The highest BCUT2D eigenvalue weighted by Gasteiger charge is 2.52. The quantitative estimate of drug-likeness (QED) is 0.365. The maximum absolute atomic E-state index is 15.0. The smallest absolute Gasteiger partial charge is 0.275 e. The van der Waals surface area contributed by atoms with E-state index >= 15 is 0 Å². The van der Waals surface area contributed by atoms with Crippen LogP contribution in [0.15, 0.2) is 0 Å². The van der Waals surface area contributed by atoms with Crippen molar-refractivity contribution in [2.75, 3.05) is 52.4 Å². The predicted octanol–water partition coefficient (Wildman–Crippen LogP) is 5.62. The van der Waals surface area contributed by atoms with Crippen LogP contribution in [0.4, 0.5) is 13.2 Å². The lowest BCUT2D eigenvalue weighted by Gasteiger charge is -2.53. The molecule has 4 fully saturated rings. The molecule has 0 bridgehead atoms. The molecule has 3 unspecified atom stereocenters. The summed E-state index contributed by atoms with van der Waals surface area (Å²) in [6, 6.07) is 0.633. The lowest BCUT2D eigenvalue weighted by molar-refractivity contribution is -0.159. The van der Waals surface area contributed by atoms with Crippen LogP contribution in [0.3, 0.4) is 0 Å². The van der Waals surface area contributed by atoms with E-state index in [-0.39, 0.29) is 12.6 Å². The minimum atomic E-state index is -2.62. The topological polar surface area (TPSA) is 13.0 Å². The molecule has 216 valence electrons. The Labute approximate surface area is 225 Å². The molecule has 0 aromatic carbocycles. The summed E-state index contributed by atoms with van der Waals surface area (Å²) in [5, 5.41) is 0. The number of rotatable bonds is 10. The fourth-order valence-electron chi connectivity index (χ4n) is 7.96. The van der Waals surface area contributed by atoms with Crippen LogP contribution < -0.4 is 0 Å². The van der Waals surface area contributed by atoms with Gasteiger partial charge < -0.3 is 4.90 Å².